The fraction of sp³-hybridized carbons (Fsp3) is 0.625. The van der Waals surface area contributed by atoms with E-state index in [-0.39, 0.29) is 55.1 Å². The van der Waals surface area contributed by atoms with Gasteiger partial charge in [0.05, 0.1) is 25.4 Å². The van der Waals surface area contributed by atoms with Crippen LogP contribution in [-0.2, 0) is 23.8 Å². The number of cyclic esters (lactones) is 1. The van der Waals surface area contributed by atoms with Gasteiger partial charge in [-0.1, -0.05) is 13.0 Å². The number of nitrogens with zero attached hydrogens (tertiary/aromatic N) is 2. The molecule has 184 valence electrons. The van der Waals surface area contributed by atoms with Crippen LogP contribution < -0.4 is 10.2 Å². The summed E-state index contributed by atoms with van der Waals surface area (Å²) in [7, 11) is 0. The second-order valence-corrected chi connectivity index (χ2v) is 9.89. The molecule has 0 spiro atoms. The number of ether oxygens (including phenoxy) is 3. The topological polar surface area (TPSA) is 97.4 Å². The number of carbonyl (C=O) groups is 3. The molecule has 0 radical (unpaired) electrons. The highest BCUT2D eigenvalue weighted by Gasteiger charge is 2.58. The summed E-state index contributed by atoms with van der Waals surface area (Å²) < 4.78 is 31.5. The van der Waals surface area contributed by atoms with Crippen LogP contribution in [0.4, 0.5) is 14.9 Å². The van der Waals surface area contributed by atoms with Gasteiger partial charge in [0.15, 0.2) is 11.9 Å². The molecule has 3 aliphatic heterocycles. The van der Waals surface area contributed by atoms with Gasteiger partial charge < -0.3 is 24.4 Å². The van der Waals surface area contributed by atoms with Crippen molar-refractivity contribution in [2.75, 3.05) is 37.7 Å². The molecule has 0 aromatic heterocycles. The van der Waals surface area contributed by atoms with Gasteiger partial charge in [0.2, 0.25) is 5.91 Å². The van der Waals surface area contributed by atoms with E-state index in [1.807, 2.05) is 0 Å². The minimum Gasteiger partial charge on any atom is -0.442 e. The van der Waals surface area contributed by atoms with E-state index in [0.717, 1.165) is 0 Å². The number of hydrogen-bond acceptors (Lipinski definition) is 6. The summed E-state index contributed by atoms with van der Waals surface area (Å²) >= 11 is 0. The van der Waals surface area contributed by atoms with Crippen molar-refractivity contribution < 1.29 is 33.0 Å². The van der Waals surface area contributed by atoms with Crippen LogP contribution in [0.25, 0.3) is 0 Å². The molecule has 3 amide bonds. The van der Waals surface area contributed by atoms with E-state index in [1.54, 1.807) is 37.8 Å². The number of carbonyl (C=O) groups excluding carboxylic acids is 3. The van der Waals surface area contributed by atoms with Crippen molar-refractivity contribution in [1.82, 2.24) is 10.2 Å². The molecular weight excluding hydrogens is 445 g/mol. The lowest BCUT2D eigenvalue weighted by molar-refractivity contribution is -0.159. The third-order valence-electron chi connectivity index (χ3n) is 7.17. The van der Waals surface area contributed by atoms with Crippen molar-refractivity contribution in [3.8, 4) is 0 Å². The van der Waals surface area contributed by atoms with E-state index in [1.165, 1.54) is 11.0 Å². The van der Waals surface area contributed by atoms with E-state index in [9.17, 15) is 14.4 Å². The number of piperidine rings is 1. The minimum atomic E-state index is -0.748. The highest BCUT2D eigenvalue weighted by molar-refractivity contribution is 5.90. The maximum atomic E-state index is 15.1. The lowest BCUT2D eigenvalue weighted by atomic mass is 10.0. The summed E-state index contributed by atoms with van der Waals surface area (Å²) in [6, 6.07) is 4.83. The van der Waals surface area contributed by atoms with Crippen molar-refractivity contribution in [1.29, 1.82) is 0 Å². The van der Waals surface area contributed by atoms with Gasteiger partial charge in [0, 0.05) is 19.5 Å². The molecule has 10 heteroatoms. The molecule has 5 atom stereocenters. The van der Waals surface area contributed by atoms with Gasteiger partial charge in [-0.05, 0) is 49.3 Å². The molecule has 9 nitrogen and oxygen atoms in total. The summed E-state index contributed by atoms with van der Waals surface area (Å²) in [5.74, 6) is -0.775. The Morgan fingerprint density at radius 3 is 2.56 bits per heavy atom. The Morgan fingerprint density at radius 2 is 1.94 bits per heavy atom. The first-order valence-electron chi connectivity index (χ1n) is 11.8. The molecule has 1 aromatic rings. The van der Waals surface area contributed by atoms with Crippen LogP contribution in [-0.4, -0.2) is 73.6 Å². The summed E-state index contributed by atoms with van der Waals surface area (Å²) in [5.41, 5.74) is 1.05. The predicted molar refractivity (Wildman–Crippen MR) is 119 cm³/mol. The Morgan fingerprint density at radius 1 is 1.21 bits per heavy atom. The molecule has 34 heavy (non-hydrogen) atoms. The van der Waals surface area contributed by atoms with E-state index < -0.39 is 24.1 Å². The summed E-state index contributed by atoms with van der Waals surface area (Å²) in [6.07, 6.45) is -1.26. The molecule has 5 rings (SSSR count). The summed E-state index contributed by atoms with van der Waals surface area (Å²) in [4.78, 5) is 39.6. The monoisotopic (exact) mass is 475 g/mol. The van der Waals surface area contributed by atoms with Gasteiger partial charge in [-0.2, -0.15) is 0 Å². The standard InChI is InChI=1S/C24H30FN3O6/c1-4-20(29)26-8-14-9-28(23(31)33-14)13-5-6-15(18(25)7-13)21-16-10-27(11-17(16)21)22(30)19-12-32-24(2,3)34-19/h5-7,14,16-17,19,21H,4,8-12H2,1-3H3,(H,26,29)/t14-,16-,17+,19-,21+/m0/s1. The number of hydrogen-bond donors (Lipinski definition) is 1. The SMILES string of the molecule is CCC(=O)NC[C@H]1CN(c2ccc([C@H]3[C@@H]4CN(C(=O)[C@@H]5COC(C)(C)O5)C[C@@H]43)c(F)c2)C(=O)O1. The first-order chi connectivity index (χ1) is 16.2. The van der Waals surface area contributed by atoms with Crippen LogP contribution in [0.5, 0.6) is 0 Å². The van der Waals surface area contributed by atoms with Crippen LogP contribution in [0.15, 0.2) is 18.2 Å². The molecule has 0 unspecified atom stereocenters. The number of benzene rings is 1. The molecular formula is C24H30FN3O6. The summed E-state index contributed by atoms with van der Waals surface area (Å²) in [6.45, 7) is 7.21. The van der Waals surface area contributed by atoms with Crippen LogP contribution in [0.3, 0.4) is 0 Å². The van der Waals surface area contributed by atoms with Crippen molar-refractivity contribution in [2.45, 2.75) is 51.1 Å². The van der Waals surface area contributed by atoms with Gasteiger partial charge in [0.25, 0.3) is 5.91 Å². The highest BCUT2D eigenvalue weighted by Crippen LogP contribution is 2.59. The van der Waals surface area contributed by atoms with E-state index >= 15 is 4.39 Å². The maximum Gasteiger partial charge on any atom is 0.414 e. The van der Waals surface area contributed by atoms with Gasteiger partial charge in [0.1, 0.15) is 11.9 Å². The smallest absolute Gasteiger partial charge is 0.414 e. The Hall–Kier alpha value is -2.72. The van der Waals surface area contributed by atoms with E-state index in [4.69, 9.17) is 14.2 Å². The molecule has 1 aliphatic carbocycles. The van der Waals surface area contributed by atoms with Crippen molar-refractivity contribution >= 4 is 23.6 Å². The van der Waals surface area contributed by atoms with Crippen molar-refractivity contribution in [2.24, 2.45) is 11.8 Å². The number of rotatable bonds is 6. The fourth-order valence-electron chi connectivity index (χ4n) is 5.33. The quantitative estimate of drug-likeness (QED) is 0.676. The third-order valence-corrected chi connectivity index (χ3v) is 7.17. The van der Waals surface area contributed by atoms with E-state index in [0.29, 0.717) is 30.8 Å². The van der Waals surface area contributed by atoms with Crippen LogP contribution in [0, 0.1) is 17.7 Å². The zero-order chi connectivity index (χ0) is 24.2. The van der Waals surface area contributed by atoms with E-state index in [2.05, 4.69) is 5.32 Å². The molecule has 1 N–H and O–H groups in total. The zero-order valence-electron chi connectivity index (χ0n) is 19.6. The lowest BCUT2D eigenvalue weighted by Gasteiger charge is -2.24. The minimum absolute atomic E-state index is 0.0652. The number of fused-ring (bicyclic) bond motifs is 1. The average molecular weight is 476 g/mol. The molecule has 4 aliphatic rings. The number of amides is 3. The summed E-state index contributed by atoms with van der Waals surface area (Å²) in [5, 5.41) is 2.71. The molecule has 3 heterocycles. The molecule has 1 aromatic carbocycles. The Balaban J connectivity index is 1.17. The third kappa shape index (κ3) is 4.24. The van der Waals surface area contributed by atoms with Gasteiger partial charge in [-0.25, -0.2) is 9.18 Å². The van der Waals surface area contributed by atoms with Gasteiger partial charge in [-0.3, -0.25) is 14.5 Å². The number of nitrogens with one attached hydrogen (secondary N) is 1. The Bertz CT molecular complexity index is 1000. The fourth-order valence-corrected chi connectivity index (χ4v) is 5.33. The highest BCUT2D eigenvalue weighted by atomic mass is 19.1. The Kier molecular flexibility index (Phi) is 5.76. The predicted octanol–water partition coefficient (Wildman–Crippen LogP) is 2.00. The van der Waals surface area contributed by atoms with Crippen LogP contribution >= 0.6 is 0 Å². The lowest BCUT2D eigenvalue weighted by Crippen LogP contribution is -2.41. The molecule has 4 fully saturated rings. The zero-order valence-corrected chi connectivity index (χ0v) is 19.6. The van der Waals surface area contributed by atoms with Crippen molar-refractivity contribution in [3.63, 3.8) is 0 Å². The second-order valence-electron chi connectivity index (χ2n) is 9.89. The second kappa shape index (κ2) is 8.49. The first-order valence-corrected chi connectivity index (χ1v) is 11.8. The van der Waals surface area contributed by atoms with Gasteiger partial charge >= 0.3 is 6.09 Å². The molecule has 3 saturated heterocycles. The first kappa shape index (κ1) is 23.0. The largest absolute Gasteiger partial charge is 0.442 e. The Labute approximate surface area is 197 Å². The number of likely N-dealkylation sites (tertiary alicyclic amines) is 1. The van der Waals surface area contributed by atoms with Gasteiger partial charge in [-0.15, -0.1) is 0 Å². The van der Waals surface area contributed by atoms with Crippen LogP contribution in [0.2, 0.25) is 0 Å². The van der Waals surface area contributed by atoms with Crippen LogP contribution in [0.1, 0.15) is 38.7 Å². The average Bonchev–Trinajstić information content (AvgIpc) is 3.15. The normalized spacial score (nSPS) is 31.4. The molecule has 0 bridgehead atoms. The van der Waals surface area contributed by atoms with Crippen molar-refractivity contribution in [3.05, 3.63) is 29.6 Å². The molecule has 1 saturated carbocycles. The maximum absolute atomic E-state index is 15.1. The number of anilines is 1. The number of halogens is 1.